The molecule has 2 rings (SSSR count). The van der Waals surface area contributed by atoms with E-state index in [9.17, 15) is 24.9 Å². The van der Waals surface area contributed by atoms with E-state index in [1.165, 1.54) is 0 Å². The molecule has 0 bridgehead atoms. The Balaban J connectivity index is 2.02. The fourth-order valence-electron chi connectivity index (χ4n) is 4.80. The number of rotatable bonds is 8. The summed E-state index contributed by atoms with van der Waals surface area (Å²) in [6.45, 7) is 11.4. The van der Waals surface area contributed by atoms with Gasteiger partial charge in [0.15, 0.2) is 0 Å². The quantitative estimate of drug-likeness (QED) is 0.266. The van der Waals surface area contributed by atoms with Gasteiger partial charge in [0.2, 0.25) is 0 Å². The van der Waals surface area contributed by atoms with Crippen LogP contribution in [0.4, 0.5) is 0 Å². The minimum Gasteiger partial charge on any atom is -0.457 e. The van der Waals surface area contributed by atoms with Crippen LogP contribution in [0.15, 0.2) is 23.8 Å². The Labute approximate surface area is 210 Å². The van der Waals surface area contributed by atoms with Crippen molar-refractivity contribution in [1.29, 1.82) is 0 Å². The predicted octanol–water partition coefficient (Wildman–Crippen LogP) is 3.88. The molecule has 2 aliphatic heterocycles. The highest BCUT2D eigenvalue weighted by molar-refractivity contribution is 5.82. The summed E-state index contributed by atoms with van der Waals surface area (Å²) in [4.78, 5) is 25.3. The zero-order valence-electron chi connectivity index (χ0n) is 22.3. The molecular formula is C28H46O7. The summed E-state index contributed by atoms with van der Waals surface area (Å²) in [7, 11) is 0. The first-order valence-corrected chi connectivity index (χ1v) is 13.2. The van der Waals surface area contributed by atoms with Crippen LogP contribution < -0.4 is 0 Å². The fourth-order valence-corrected chi connectivity index (χ4v) is 4.80. The van der Waals surface area contributed by atoms with Gasteiger partial charge in [-0.1, -0.05) is 45.9 Å². The maximum atomic E-state index is 12.8. The van der Waals surface area contributed by atoms with Gasteiger partial charge < -0.3 is 24.8 Å². The zero-order valence-corrected chi connectivity index (χ0v) is 22.3. The van der Waals surface area contributed by atoms with E-state index in [0.717, 1.165) is 18.4 Å². The third-order valence-corrected chi connectivity index (χ3v) is 7.57. The first-order valence-electron chi connectivity index (χ1n) is 13.2. The number of Topliss-reactive ketones (excluding diaryl/α,β-unsaturated/α-hetero) is 1. The monoisotopic (exact) mass is 494 g/mol. The molecule has 0 aromatic carbocycles. The van der Waals surface area contributed by atoms with Gasteiger partial charge in [0.1, 0.15) is 11.9 Å². The molecule has 7 nitrogen and oxygen atoms in total. The highest BCUT2D eigenvalue weighted by Crippen LogP contribution is 2.36. The van der Waals surface area contributed by atoms with Gasteiger partial charge in [-0.2, -0.15) is 0 Å². The molecule has 3 N–H and O–H groups in total. The first kappa shape index (κ1) is 29.7. The highest BCUT2D eigenvalue weighted by atomic mass is 16.6. The molecule has 0 spiro atoms. The maximum absolute atomic E-state index is 12.8. The number of esters is 1. The molecule has 0 aromatic rings. The average Bonchev–Trinajstić information content (AvgIpc) is 3.56. The first-order chi connectivity index (χ1) is 16.3. The number of carbonyl (C=O) groups excluding carboxylic acids is 2. The van der Waals surface area contributed by atoms with Crippen LogP contribution in [0.25, 0.3) is 0 Å². The molecule has 0 radical (unpaired) electrons. The van der Waals surface area contributed by atoms with E-state index in [0.29, 0.717) is 12.8 Å². The number of aliphatic hydroxyl groups is 3. The Kier molecular flexibility index (Phi) is 11.1. The minimum atomic E-state index is -1.06. The Morgan fingerprint density at radius 2 is 1.94 bits per heavy atom. The largest absolute Gasteiger partial charge is 0.457 e. The Bertz CT molecular complexity index is 771. The zero-order chi connectivity index (χ0) is 26.3. The SMILES string of the molecule is CCC(O)C(C)C1OC1CC(C)/C=C/C=C(\C)C1OC(=O)CC(O)CCC(C)(O)CCC(=O)C1C. The normalized spacial score (nSPS) is 36.1. The number of carbonyl (C=O) groups is 2. The van der Waals surface area contributed by atoms with Crippen molar-refractivity contribution in [2.24, 2.45) is 17.8 Å². The molecule has 2 heterocycles. The van der Waals surface area contributed by atoms with Crippen LogP contribution in [-0.2, 0) is 19.1 Å². The van der Waals surface area contributed by atoms with Gasteiger partial charge in [0.25, 0.3) is 0 Å². The Morgan fingerprint density at radius 1 is 1.26 bits per heavy atom. The molecule has 0 aliphatic carbocycles. The average molecular weight is 495 g/mol. The number of aliphatic hydroxyl groups excluding tert-OH is 2. The van der Waals surface area contributed by atoms with Crippen LogP contribution in [0, 0.1) is 17.8 Å². The molecule has 2 fully saturated rings. The molecule has 0 amide bonds. The second-order valence-corrected chi connectivity index (χ2v) is 11.0. The van der Waals surface area contributed by atoms with Crippen LogP contribution in [-0.4, -0.2) is 63.2 Å². The lowest BCUT2D eigenvalue weighted by molar-refractivity contribution is -0.153. The molecule has 2 saturated heterocycles. The van der Waals surface area contributed by atoms with E-state index in [-0.39, 0.29) is 55.2 Å². The molecule has 9 unspecified atom stereocenters. The van der Waals surface area contributed by atoms with Crippen LogP contribution in [0.1, 0.15) is 86.5 Å². The van der Waals surface area contributed by atoms with E-state index in [1.54, 1.807) is 13.8 Å². The molecule has 35 heavy (non-hydrogen) atoms. The van der Waals surface area contributed by atoms with Gasteiger partial charge >= 0.3 is 5.97 Å². The van der Waals surface area contributed by atoms with Crippen molar-refractivity contribution in [2.45, 2.75) is 123 Å². The Morgan fingerprint density at radius 3 is 2.60 bits per heavy atom. The standard InChI is InChI=1S/C28H46O7/c1-7-22(30)19(4)27-24(34-27)15-17(2)9-8-10-18(3)26-20(5)23(31)12-14-28(6,33)13-11-21(29)16-25(32)35-26/h8-10,17,19-22,24,26-27,29-30,33H,7,11-16H2,1-6H3/b9-8+,18-10+. The molecule has 9 atom stereocenters. The van der Waals surface area contributed by atoms with Gasteiger partial charge in [0.05, 0.1) is 42.4 Å². The lowest BCUT2D eigenvalue weighted by Gasteiger charge is -2.29. The van der Waals surface area contributed by atoms with Gasteiger partial charge in [-0.05, 0) is 57.4 Å². The molecule has 0 aromatic heterocycles. The van der Waals surface area contributed by atoms with Gasteiger partial charge in [-0.15, -0.1) is 0 Å². The van der Waals surface area contributed by atoms with Gasteiger partial charge in [0, 0.05) is 12.3 Å². The number of cyclic esters (lactones) is 1. The van der Waals surface area contributed by atoms with Crippen LogP contribution in [0.3, 0.4) is 0 Å². The van der Waals surface area contributed by atoms with E-state index < -0.39 is 29.7 Å². The predicted molar refractivity (Wildman–Crippen MR) is 135 cm³/mol. The van der Waals surface area contributed by atoms with Crippen molar-refractivity contribution in [1.82, 2.24) is 0 Å². The van der Waals surface area contributed by atoms with Crippen molar-refractivity contribution in [3.8, 4) is 0 Å². The van der Waals surface area contributed by atoms with Crippen molar-refractivity contribution >= 4 is 11.8 Å². The molecule has 2 aliphatic rings. The second kappa shape index (κ2) is 13.1. The molecule has 200 valence electrons. The van der Waals surface area contributed by atoms with Crippen molar-refractivity contribution in [3.05, 3.63) is 23.8 Å². The van der Waals surface area contributed by atoms with E-state index >= 15 is 0 Å². The smallest absolute Gasteiger partial charge is 0.309 e. The van der Waals surface area contributed by atoms with E-state index in [1.807, 2.05) is 32.9 Å². The summed E-state index contributed by atoms with van der Waals surface area (Å²) >= 11 is 0. The van der Waals surface area contributed by atoms with Crippen molar-refractivity contribution in [2.75, 3.05) is 0 Å². The van der Waals surface area contributed by atoms with E-state index in [2.05, 4.69) is 13.0 Å². The molecule has 0 saturated carbocycles. The Hall–Kier alpha value is -1.54. The summed E-state index contributed by atoms with van der Waals surface area (Å²) in [5.41, 5.74) is -0.309. The number of allylic oxidation sites excluding steroid dienone is 3. The number of ether oxygens (including phenoxy) is 2. The van der Waals surface area contributed by atoms with Crippen molar-refractivity contribution in [3.63, 3.8) is 0 Å². The number of hydrogen-bond donors (Lipinski definition) is 3. The number of ketones is 1. The second-order valence-electron chi connectivity index (χ2n) is 11.0. The lowest BCUT2D eigenvalue weighted by atomic mass is 9.86. The summed E-state index contributed by atoms with van der Waals surface area (Å²) in [5, 5.41) is 30.7. The maximum Gasteiger partial charge on any atom is 0.309 e. The number of epoxide rings is 1. The van der Waals surface area contributed by atoms with Gasteiger partial charge in [-0.25, -0.2) is 0 Å². The number of hydrogen-bond acceptors (Lipinski definition) is 7. The minimum absolute atomic E-state index is 0.0606. The van der Waals surface area contributed by atoms with E-state index in [4.69, 9.17) is 9.47 Å². The molecule has 7 heteroatoms. The summed E-state index contributed by atoms with van der Waals surface area (Å²) in [6, 6.07) is 0. The van der Waals surface area contributed by atoms with Crippen molar-refractivity contribution < 1.29 is 34.4 Å². The summed E-state index contributed by atoms with van der Waals surface area (Å²) in [5.74, 6) is -0.779. The highest BCUT2D eigenvalue weighted by Gasteiger charge is 2.44. The fraction of sp³-hybridized carbons (Fsp3) is 0.786. The van der Waals surface area contributed by atoms with Gasteiger partial charge in [-0.3, -0.25) is 9.59 Å². The third-order valence-electron chi connectivity index (χ3n) is 7.57. The topological polar surface area (TPSA) is 117 Å². The summed E-state index contributed by atoms with van der Waals surface area (Å²) in [6.07, 6.45) is 6.66. The summed E-state index contributed by atoms with van der Waals surface area (Å²) < 4.78 is 11.4. The third kappa shape index (κ3) is 9.45. The van der Waals surface area contributed by atoms with Crippen LogP contribution in [0.2, 0.25) is 0 Å². The lowest BCUT2D eigenvalue weighted by Crippen LogP contribution is -2.35. The van der Waals surface area contributed by atoms with Crippen LogP contribution in [0.5, 0.6) is 0 Å². The van der Waals surface area contributed by atoms with Crippen LogP contribution >= 0.6 is 0 Å². The molecular weight excluding hydrogens is 448 g/mol.